The Morgan fingerprint density at radius 1 is 1.56 bits per heavy atom. The summed E-state index contributed by atoms with van der Waals surface area (Å²) in [5.41, 5.74) is 6.45. The molecule has 16 heavy (non-hydrogen) atoms. The summed E-state index contributed by atoms with van der Waals surface area (Å²) < 4.78 is 12.8. The molecule has 1 aromatic rings. The van der Waals surface area contributed by atoms with Gasteiger partial charge in [0.1, 0.15) is 11.9 Å². The first-order valence-electron chi connectivity index (χ1n) is 5.14. The molecule has 4 N–H and O–H groups in total. The molecule has 0 spiro atoms. The summed E-state index contributed by atoms with van der Waals surface area (Å²) in [7, 11) is 0. The van der Waals surface area contributed by atoms with E-state index in [1.807, 2.05) is 6.92 Å². The van der Waals surface area contributed by atoms with Gasteiger partial charge in [0.2, 0.25) is 5.91 Å². The topological polar surface area (TPSA) is 67.2 Å². The minimum atomic E-state index is -0.410. The van der Waals surface area contributed by atoms with Crippen LogP contribution in [0.15, 0.2) is 18.2 Å². The molecule has 0 aliphatic carbocycles. The number of likely N-dealkylation sites (N-methyl/N-ethyl adjacent to an activating group) is 1. The van der Waals surface area contributed by atoms with Gasteiger partial charge in [0, 0.05) is 6.54 Å². The van der Waals surface area contributed by atoms with Gasteiger partial charge in [-0.3, -0.25) is 4.79 Å². The molecular formula is C11H16FN3O. The Balaban J connectivity index is 2.69. The van der Waals surface area contributed by atoms with Gasteiger partial charge in [-0.05, 0) is 32.0 Å². The predicted octanol–water partition coefficient (Wildman–Crippen LogP) is 1.34. The average molecular weight is 225 g/mol. The van der Waals surface area contributed by atoms with E-state index in [9.17, 15) is 9.18 Å². The van der Waals surface area contributed by atoms with Gasteiger partial charge < -0.3 is 16.4 Å². The summed E-state index contributed by atoms with van der Waals surface area (Å²) in [6.45, 7) is 4.13. The Labute approximate surface area is 94.0 Å². The zero-order valence-electron chi connectivity index (χ0n) is 9.38. The normalized spacial score (nSPS) is 11.9. The number of nitrogens with one attached hydrogen (secondary N) is 2. The highest BCUT2D eigenvalue weighted by molar-refractivity contribution is 5.85. The summed E-state index contributed by atoms with van der Waals surface area (Å²) in [5, 5.41) is 5.60. The van der Waals surface area contributed by atoms with Crippen molar-refractivity contribution in [3.8, 4) is 0 Å². The monoisotopic (exact) mass is 225 g/mol. The molecule has 0 saturated carbocycles. The SMILES string of the molecule is CCNC(=O)C(C)Nc1ccc(F)cc1N. The van der Waals surface area contributed by atoms with Crippen LogP contribution < -0.4 is 16.4 Å². The second-order valence-corrected chi connectivity index (χ2v) is 3.49. The van der Waals surface area contributed by atoms with E-state index in [0.717, 1.165) is 0 Å². The van der Waals surface area contributed by atoms with Gasteiger partial charge in [0.05, 0.1) is 11.4 Å². The fourth-order valence-corrected chi connectivity index (χ4v) is 1.29. The van der Waals surface area contributed by atoms with Crippen molar-refractivity contribution in [2.75, 3.05) is 17.6 Å². The molecule has 0 aliphatic rings. The van der Waals surface area contributed by atoms with E-state index in [1.165, 1.54) is 18.2 Å². The van der Waals surface area contributed by atoms with Crippen LogP contribution in [0.5, 0.6) is 0 Å². The summed E-state index contributed by atoms with van der Waals surface area (Å²) in [4.78, 5) is 11.4. The quantitative estimate of drug-likeness (QED) is 0.677. The lowest BCUT2D eigenvalue weighted by Crippen LogP contribution is -2.37. The van der Waals surface area contributed by atoms with Crippen molar-refractivity contribution in [2.45, 2.75) is 19.9 Å². The Kier molecular flexibility index (Phi) is 4.10. The Hall–Kier alpha value is -1.78. The van der Waals surface area contributed by atoms with Crippen molar-refractivity contribution < 1.29 is 9.18 Å². The van der Waals surface area contributed by atoms with Crippen LogP contribution in [0.4, 0.5) is 15.8 Å². The minimum Gasteiger partial charge on any atom is -0.397 e. The van der Waals surface area contributed by atoms with Crippen LogP contribution in [-0.2, 0) is 4.79 Å². The fourth-order valence-electron chi connectivity index (χ4n) is 1.29. The van der Waals surface area contributed by atoms with Crippen molar-refractivity contribution in [1.82, 2.24) is 5.32 Å². The molecule has 0 fully saturated rings. The number of hydrogen-bond donors (Lipinski definition) is 3. The van der Waals surface area contributed by atoms with Gasteiger partial charge in [-0.2, -0.15) is 0 Å². The Morgan fingerprint density at radius 3 is 2.81 bits per heavy atom. The lowest BCUT2D eigenvalue weighted by molar-refractivity contribution is -0.121. The van der Waals surface area contributed by atoms with E-state index in [0.29, 0.717) is 12.2 Å². The fraction of sp³-hybridized carbons (Fsp3) is 0.364. The number of amides is 1. The molecule has 88 valence electrons. The van der Waals surface area contributed by atoms with E-state index in [-0.39, 0.29) is 11.6 Å². The Bertz CT molecular complexity index is 381. The summed E-state index contributed by atoms with van der Waals surface area (Å²) >= 11 is 0. The van der Waals surface area contributed by atoms with Crippen LogP contribution in [0.2, 0.25) is 0 Å². The molecule has 1 rings (SSSR count). The van der Waals surface area contributed by atoms with Gasteiger partial charge in [-0.1, -0.05) is 0 Å². The summed E-state index contributed by atoms with van der Waals surface area (Å²) in [5.74, 6) is -0.514. The number of benzene rings is 1. The van der Waals surface area contributed by atoms with E-state index in [1.54, 1.807) is 6.92 Å². The smallest absolute Gasteiger partial charge is 0.242 e. The average Bonchev–Trinajstić information content (AvgIpc) is 2.22. The number of anilines is 2. The molecule has 1 unspecified atom stereocenters. The van der Waals surface area contributed by atoms with Gasteiger partial charge in [-0.15, -0.1) is 0 Å². The molecule has 1 aromatic carbocycles. The van der Waals surface area contributed by atoms with Gasteiger partial charge >= 0.3 is 0 Å². The van der Waals surface area contributed by atoms with E-state index in [2.05, 4.69) is 10.6 Å². The number of rotatable bonds is 4. The minimum absolute atomic E-state index is 0.119. The van der Waals surface area contributed by atoms with E-state index < -0.39 is 11.9 Å². The van der Waals surface area contributed by atoms with Crippen LogP contribution in [-0.4, -0.2) is 18.5 Å². The second-order valence-electron chi connectivity index (χ2n) is 3.49. The molecule has 1 amide bonds. The number of carbonyl (C=O) groups excluding carboxylic acids is 1. The first-order chi connectivity index (χ1) is 7.54. The third kappa shape index (κ3) is 3.12. The highest BCUT2D eigenvalue weighted by Gasteiger charge is 2.12. The largest absolute Gasteiger partial charge is 0.397 e. The molecule has 0 aromatic heterocycles. The van der Waals surface area contributed by atoms with Crippen molar-refractivity contribution >= 4 is 17.3 Å². The molecule has 0 saturated heterocycles. The lowest BCUT2D eigenvalue weighted by Gasteiger charge is -2.16. The standard InChI is InChI=1S/C11H16FN3O/c1-3-14-11(16)7(2)15-10-5-4-8(12)6-9(10)13/h4-7,15H,3,13H2,1-2H3,(H,14,16). The van der Waals surface area contributed by atoms with Gasteiger partial charge in [0.15, 0.2) is 0 Å². The maximum absolute atomic E-state index is 12.8. The second kappa shape index (κ2) is 5.34. The third-order valence-electron chi connectivity index (χ3n) is 2.13. The summed E-state index contributed by atoms with van der Waals surface area (Å²) in [6.07, 6.45) is 0. The van der Waals surface area contributed by atoms with E-state index in [4.69, 9.17) is 5.73 Å². The molecule has 0 bridgehead atoms. The Morgan fingerprint density at radius 2 is 2.25 bits per heavy atom. The van der Waals surface area contributed by atoms with Gasteiger partial charge in [-0.25, -0.2) is 4.39 Å². The number of nitrogens with two attached hydrogens (primary N) is 1. The zero-order valence-corrected chi connectivity index (χ0v) is 9.38. The third-order valence-corrected chi connectivity index (χ3v) is 2.13. The zero-order chi connectivity index (χ0) is 12.1. The van der Waals surface area contributed by atoms with Crippen LogP contribution in [0, 0.1) is 5.82 Å². The highest BCUT2D eigenvalue weighted by atomic mass is 19.1. The number of hydrogen-bond acceptors (Lipinski definition) is 3. The molecule has 5 heteroatoms. The molecule has 0 aliphatic heterocycles. The van der Waals surface area contributed by atoms with Crippen molar-refractivity contribution in [3.05, 3.63) is 24.0 Å². The first-order valence-corrected chi connectivity index (χ1v) is 5.14. The van der Waals surface area contributed by atoms with Crippen LogP contribution >= 0.6 is 0 Å². The first kappa shape index (κ1) is 12.3. The molecular weight excluding hydrogens is 209 g/mol. The number of carbonyl (C=O) groups is 1. The van der Waals surface area contributed by atoms with Crippen LogP contribution in [0.1, 0.15) is 13.8 Å². The molecule has 1 atom stereocenters. The lowest BCUT2D eigenvalue weighted by atomic mass is 10.2. The van der Waals surface area contributed by atoms with Crippen molar-refractivity contribution in [1.29, 1.82) is 0 Å². The van der Waals surface area contributed by atoms with Crippen LogP contribution in [0.3, 0.4) is 0 Å². The maximum Gasteiger partial charge on any atom is 0.242 e. The van der Waals surface area contributed by atoms with Gasteiger partial charge in [0.25, 0.3) is 0 Å². The van der Waals surface area contributed by atoms with E-state index >= 15 is 0 Å². The highest BCUT2D eigenvalue weighted by Crippen LogP contribution is 2.19. The number of halogens is 1. The number of nitrogen functional groups attached to an aromatic ring is 1. The summed E-state index contributed by atoms with van der Waals surface area (Å²) in [6, 6.07) is 3.61. The predicted molar refractivity (Wildman–Crippen MR) is 62.6 cm³/mol. The maximum atomic E-state index is 12.8. The molecule has 0 radical (unpaired) electrons. The van der Waals surface area contributed by atoms with Crippen LogP contribution in [0.25, 0.3) is 0 Å². The van der Waals surface area contributed by atoms with Crippen molar-refractivity contribution in [3.63, 3.8) is 0 Å². The van der Waals surface area contributed by atoms with Crippen molar-refractivity contribution in [2.24, 2.45) is 0 Å². The molecule has 0 heterocycles. The molecule has 4 nitrogen and oxygen atoms in total.